The second kappa shape index (κ2) is 10.9. The summed E-state index contributed by atoms with van der Waals surface area (Å²) in [6.45, 7) is 4.82. The molecular weight excluding hydrogens is 416 g/mol. The summed E-state index contributed by atoms with van der Waals surface area (Å²) in [5, 5.41) is 26.5. The van der Waals surface area contributed by atoms with Crippen LogP contribution in [-0.2, 0) is 24.2 Å². The van der Waals surface area contributed by atoms with Gasteiger partial charge in [0.2, 0.25) is 5.91 Å². The zero-order chi connectivity index (χ0) is 23.8. The summed E-state index contributed by atoms with van der Waals surface area (Å²) >= 11 is 0. The van der Waals surface area contributed by atoms with E-state index < -0.39 is 6.10 Å². The maximum absolute atomic E-state index is 12.4. The SMILES string of the molecule is CC(C)(Cc1cccc(CC(=O)NCc2ccccc2O)c1)NC[C@@H](O)c1ccc(N)nc1. The number of amides is 1. The van der Waals surface area contributed by atoms with E-state index in [1.54, 1.807) is 36.5 Å². The number of phenolic OH excluding ortho intramolecular Hbond substituents is 1. The molecule has 1 atom stereocenters. The Balaban J connectivity index is 1.52. The molecule has 1 amide bonds. The number of nitrogens with zero attached hydrogens (tertiary/aromatic N) is 1. The third-order valence-electron chi connectivity index (χ3n) is 5.44. The van der Waals surface area contributed by atoms with Crippen molar-refractivity contribution in [3.63, 3.8) is 0 Å². The summed E-state index contributed by atoms with van der Waals surface area (Å²) in [5.74, 6) is 0.492. The number of carbonyl (C=O) groups excluding carboxylic acids is 1. The summed E-state index contributed by atoms with van der Waals surface area (Å²) in [4.78, 5) is 16.4. The highest BCUT2D eigenvalue weighted by Crippen LogP contribution is 2.18. The molecule has 1 aromatic heterocycles. The Morgan fingerprint density at radius 3 is 2.58 bits per heavy atom. The van der Waals surface area contributed by atoms with Crippen LogP contribution in [0.1, 0.15) is 42.2 Å². The van der Waals surface area contributed by atoms with Crippen molar-refractivity contribution in [2.75, 3.05) is 12.3 Å². The van der Waals surface area contributed by atoms with Gasteiger partial charge in [-0.3, -0.25) is 4.79 Å². The van der Waals surface area contributed by atoms with E-state index in [1.165, 1.54) is 0 Å². The molecule has 2 aromatic carbocycles. The number of aromatic hydroxyl groups is 1. The first-order chi connectivity index (χ1) is 15.7. The van der Waals surface area contributed by atoms with E-state index in [0.29, 0.717) is 23.5 Å². The number of phenols is 1. The van der Waals surface area contributed by atoms with Crippen LogP contribution in [0.3, 0.4) is 0 Å². The fraction of sp³-hybridized carbons (Fsp3) is 0.308. The van der Waals surface area contributed by atoms with Crippen molar-refractivity contribution in [2.45, 2.75) is 44.9 Å². The Morgan fingerprint density at radius 2 is 1.85 bits per heavy atom. The van der Waals surface area contributed by atoms with Gasteiger partial charge in [0.1, 0.15) is 11.6 Å². The van der Waals surface area contributed by atoms with Gasteiger partial charge in [0, 0.05) is 36.0 Å². The van der Waals surface area contributed by atoms with Gasteiger partial charge in [-0.05, 0) is 43.5 Å². The van der Waals surface area contributed by atoms with E-state index >= 15 is 0 Å². The number of carbonyl (C=O) groups is 1. The standard InChI is InChI=1S/C26H32N4O3/c1-26(2,30-17-23(32)21-10-11-24(27)28-15-21)14-19-7-5-6-18(12-19)13-25(33)29-16-20-8-3-4-9-22(20)31/h3-12,15,23,30-32H,13-14,16-17H2,1-2H3,(H2,27,28)(H,29,33)/t23-/m1/s1. The summed E-state index contributed by atoms with van der Waals surface area (Å²) in [6, 6.07) is 18.4. The fourth-order valence-electron chi connectivity index (χ4n) is 3.63. The molecule has 0 saturated carbocycles. The summed E-state index contributed by atoms with van der Waals surface area (Å²) in [5.41, 5.74) is 8.75. The molecule has 0 aliphatic carbocycles. The lowest BCUT2D eigenvalue weighted by Crippen LogP contribution is -2.43. The molecule has 33 heavy (non-hydrogen) atoms. The number of hydrogen-bond donors (Lipinski definition) is 5. The highest BCUT2D eigenvalue weighted by atomic mass is 16.3. The van der Waals surface area contributed by atoms with Crippen LogP contribution >= 0.6 is 0 Å². The van der Waals surface area contributed by atoms with Crippen molar-refractivity contribution in [2.24, 2.45) is 0 Å². The second-order valence-electron chi connectivity index (χ2n) is 8.88. The lowest BCUT2D eigenvalue weighted by atomic mass is 9.93. The number of nitrogens with two attached hydrogens (primary N) is 1. The molecule has 0 fully saturated rings. The quantitative estimate of drug-likeness (QED) is 0.325. The Hall–Kier alpha value is -3.42. The molecule has 3 rings (SSSR count). The van der Waals surface area contributed by atoms with Crippen LogP contribution in [0.4, 0.5) is 5.82 Å². The van der Waals surface area contributed by atoms with Gasteiger partial charge in [-0.2, -0.15) is 0 Å². The molecule has 174 valence electrons. The summed E-state index contributed by atoms with van der Waals surface area (Å²) in [7, 11) is 0. The normalized spacial score (nSPS) is 12.3. The smallest absolute Gasteiger partial charge is 0.224 e. The van der Waals surface area contributed by atoms with Gasteiger partial charge in [-0.15, -0.1) is 0 Å². The molecule has 0 bridgehead atoms. The van der Waals surface area contributed by atoms with E-state index in [1.807, 2.05) is 30.3 Å². The maximum atomic E-state index is 12.4. The molecule has 0 unspecified atom stereocenters. The minimum Gasteiger partial charge on any atom is -0.508 e. The molecule has 7 heteroatoms. The van der Waals surface area contributed by atoms with E-state index in [9.17, 15) is 15.0 Å². The third-order valence-corrected chi connectivity index (χ3v) is 5.44. The van der Waals surface area contributed by atoms with Gasteiger partial charge >= 0.3 is 0 Å². The topological polar surface area (TPSA) is 120 Å². The Kier molecular flexibility index (Phi) is 8.03. The zero-order valence-electron chi connectivity index (χ0n) is 19.1. The van der Waals surface area contributed by atoms with Crippen LogP contribution in [0.2, 0.25) is 0 Å². The lowest BCUT2D eigenvalue weighted by molar-refractivity contribution is -0.120. The zero-order valence-corrected chi connectivity index (χ0v) is 19.1. The lowest BCUT2D eigenvalue weighted by Gasteiger charge is -2.28. The van der Waals surface area contributed by atoms with Crippen LogP contribution in [0, 0.1) is 0 Å². The highest BCUT2D eigenvalue weighted by Gasteiger charge is 2.20. The Bertz CT molecular complexity index is 1070. The molecule has 3 aromatic rings. The average molecular weight is 449 g/mol. The molecule has 1 heterocycles. The summed E-state index contributed by atoms with van der Waals surface area (Å²) in [6.07, 6.45) is 1.89. The second-order valence-corrected chi connectivity index (χ2v) is 8.88. The monoisotopic (exact) mass is 448 g/mol. The van der Waals surface area contributed by atoms with Gasteiger partial charge in [-0.25, -0.2) is 4.98 Å². The predicted molar refractivity (Wildman–Crippen MR) is 129 cm³/mol. The van der Waals surface area contributed by atoms with Crippen molar-refractivity contribution in [1.82, 2.24) is 15.6 Å². The minimum absolute atomic E-state index is 0.104. The van der Waals surface area contributed by atoms with Crippen molar-refractivity contribution in [3.8, 4) is 5.75 Å². The number of β-amino-alcohol motifs (C(OH)–C–C–N with tert-alkyl or cyclic N) is 1. The number of hydrogen-bond acceptors (Lipinski definition) is 6. The molecule has 0 aliphatic rings. The van der Waals surface area contributed by atoms with Gasteiger partial charge in [0.25, 0.3) is 0 Å². The molecule has 0 spiro atoms. The minimum atomic E-state index is -0.684. The van der Waals surface area contributed by atoms with E-state index in [4.69, 9.17) is 5.73 Å². The van der Waals surface area contributed by atoms with E-state index in [2.05, 4.69) is 29.5 Å². The van der Waals surface area contributed by atoms with E-state index in [-0.39, 0.29) is 30.2 Å². The molecule has 0 radical (unpaired) electrons. The number of benzene rings is 2. The number of rotatable bonds is 10. The number of nitrogen functional groups attached to an aromatic ring is 1. The molecule has 6 N–H and O–H groups in total. The van der Waals surface area contributed by atoms with Crippen LogP contribution in [0.5, 0.6) is 5.75 Å². The Morgan fingerprint density at radius 1 is 1.09 bits per heavy atom. The van der Waals surface area contributed by atoms with Crippen LogP contribution in [0.15, 0.2) is 66.9 Å². The van der Waals surface area contributed by atoms with Crippen molar-refractivity contribution >= 4 is 11.7 Å². The van der Waals surface area contributed by atoms with Crippen LogP contribution in [0.25, 0.3) is 0 Å². The first-order valence-electron chi connectivity index (χ1n) is 11.0. The number of anilines is 1. The summed E-state index contributed by atoms with van der Waals surface area (Å²) < 4.78 is 0. The van der Waals surface area contributed by atoms with Gasteiger partial charge in [-0.1, -0.05) is 48.5 Å². The third kappa shape index (κ3) is 7.59. The van der Waals surface area contributed by atoms with Crippen molar-refractivity contribution in [3.05, 3.63) is 89.1 Å². The fourth-order valence-corrected chi connectivity index (χ4v) is 3.63. The Labute approximate surface area is 194 Å². The number of aliphatic hydroxyl groups excluding tert-OH is 1. The van der Waals surface area contributed by atoms with Gasteiger partial charge in [0.15, 0.2) is 0 Å². The highest BCUT2D eigenvalue weighted by molar-refractivity contribution is 5.78. The van der Waals surface area contributed by atoms with E-state index in [0.717, 1.165) is 17.5 Å². The molecule has 0 saturated heterocycles. The number of aromatic nitrogens is 1. The molecule has 7 nitrogen and oxygen atoms in total. The first kappa shape index (κ1) is 24.2. The predicted octanol–water partition coefficient (Wildman–Crippen LogP) is 2.87. The van der Waals surface area contributed by atoms with Crippen molar-refractivity contribution < 1.29 is 15.0 Å². The number of nitrogens with one attached hydrogen (secondary N) is 2. The number of pyridine rings is 1. The first-order valence-corrected chi connectivity index (χ1v) is 11.0. The van der Waals surface area contributed by atoms with Gasteiger partial charge < -0.3 is 26.6 Å². The number of para-hydroxylation sites is 1. The maximum Gasteiger partial charge on any atom is 0.224 e. The van der Waals surface area contributed by atoms with Crippen molar-refractivity contribution in [1.29, 1.82) is 0 Å². The molecular formula is C26H32N4O3. The molecule has 0 aliphatic heterocycles. The van der Waals surface area contributed by atoms with Gasteiger partial charge in [0.05, 0.1) is 12.5 Å². The largest absolute Gasteiger partial charge is 0.508 e. The number of aliphatic hydroxyl groups is 1. The van der Waals surface area contributed by atoms with Crippen LogP contribution in [-0.4, -0.2) is 33.2 Å². The average Bonchev–Trinajstić information content (AvgIpc) is 2.77. The van der Waals surface area contributed by atoms with Crippen LogP contribution < -0.4 is 16.4 Å².